The molecule has 58 valence electrons. The van der Waals surface area contributed by atoms with Crippen LogP contribution in [0.1, 0.15) is 0 Å². The van der Waals surface area contributed by atoms with Crippen molar-refractivity contribution in [2.75, 3.05) is 0 Å². The quantitative estimate of drug-likeness (QED) is 0.326. The van der Waals surface area contributed by atoms with Crippen LogP contribution in [0.2, 0.25) is 0 Å². The average Bonchev–Trinajstić information content (AvgIpc) is 1.88. The molecule has 1 rings (SSSR count). The Bertz CT molecular complexity index is 275. The van der Waals surface area contributed by atoms with Crippen LogP contribution in [0.25, 0.3) is 5.53 Å². The number of rotatable bonds is 0. The van der Waals surface area contributed by atoms with E-state index in [1.165, 1.54) is 0 Å². The van der Waals surface area contributed by atoms with Crippen LogP contribution in [-0.4, -0.2) is 34.1 Å². The third-order valence-corrected chi connectivity index (χ3v) is 0.865. The largest absolute Gasteiger partial charge is 0.412 e. The van der Waals surface area contributed by atoms with E-state index < -0.39 is 11.9 Å². The summed E-state index contributed by atoms with van der Waals surface area (Å²) in [7, 11) is 0. The Balaban J connectivity index is 0.000001000. The van der Waals surface area contributed by atoms with Crippen LogP contribution in [0.4, 0.5) is 4.79 Å². The maximum Gasteiger partial charge on any atom is 0.397 e. The average molecular weight is 156 g/mol. The molecule has 0 unspecified atom stereocenters. The molecule has 0 saturated carbocycles. The van der Waals surface area contributed by atoms with Crippen molar-refractivity contribution in [3.05, 3.63) is 5.53 Å². The first-order chi connectivity index (χ1) is 4.74. The van der Waals surface area contributed by atoms with E-state index in [2.05, 4.69) is 9.78 Å². The molecule has 0 atom stereocenters. The fraction of sp³-hybridized carbons (Fsp3) is 0. The second-order valence-corrected chi connectivity index (χ2v) is 1.50. The monoisotopic (exact) mass is 156 g/mol. The topological polar surface area (TPSA) is 126 Å². The zero-order valence-corrected chi connectivity index (χ0v) is 5.24. The third kappa shape index (κ3) is 1.78. The molecule has 0 aromatic heterocycles. The Kier molecular flexibility index (Phi) is 2.79. The molecule has 0 saturated heterocycles. The molecule has 0 aromatic carbocycles. The molecule has 3 amide bonds. The highest BCUT2D eigenvalue weighted by Gasteiger charge is 2.24. The van der Waals surface area contributed by atoms with Gasteiger partial charge in [0.05, 0.1) is 0 Å². The van der Waals surface area contributed by atoms with E-state index in [1.807, 2.05) is 5.32 Å². The Hall–Kier alpha value is -1.85. The van der Waals surface area contributed by atoms with Gasteiger partial charge in [-0.05, 0) is 0 Å². The van der Waals surface area contributed by atoms with Crippen molar-refractivity contribution in [2.24, 2.45) is 4.99 Å². The van der Waals surface area contributed by atoms with Gasteiger partial charge < -0.3 is 11.0 Å². The number of carbonyl (C=O) groups is 2. The molecule has 1 aliphatic rings. The molecule has 0 radical (unpaired) electrons. The molecule has 0 spiro atoms. The van der Waals surface area contributed by atoms with Crippen LogP contribution < -0.4 is 5.32 Å². The summed E-state index contributed by atoms with van der Waals surface area (Å²) in [6.07, 6.45) is 0.890. The standard InChI is InChI=1S/C4H2N4O2.H2O/c5-8-2-1-6-4(10)7-3(2)9;/h1H,(H,7,9,10);1H2. The summed E-state index contributed by atoms with van der Waals surface area (Å²) in [4.78, 5) is 26.5. The Labute approximate surface area is 60.7 Å². The minimum absolute atomic E-state index is 0. The molecule has 1 aliphatic heterocycles. The number of hydrogen-bond acceptors (Lipinski definition) is 2. The lowest BCUT2D eigenvalue weighted by Crippen LogP contribution is -2.39. The van der Waals surface area contributed by atoms with Gasteiger partial charge in [-0.1, -0.05) is 0 Å². The van der Waals surface area contributed by atoms with Crippen molar-refractivity contribution >= 4 is 23.9 Å². The van der Waals surface area contributed by atoms with Gasteiger partial charge in [0, 0.05) is 0 Å². The lowest BCUT2D eigenvalue weighted by atomic mass is 10.3. The van der Waals surface area contributed by atoms with Crippen molar-refractivity contribution in [2.45, 2.75) is 0 Å². The fourth-order valence-electron chi connectivity index (χ4n) is 0.443. The molecule has 0 fully saturated rings. The molecule has 7 nitrogen and oxygen atoms in total. The molecule has 1 heterocycles. The summed E-state index contributed by atoms with van der Waals surface area (Å²) in [5.74, 6) is -0.748. The van der Waals surface area contributed by atoms with Gasteiger partial charge in [-0.2, -0.15) is 9.78 Å². The van der Waals surface area contributed by atoms with Crippen LogP contribution in [0.3, 0.4) is 0 Å². The number of aliphatic imine (C=N–C) groups is 1. The molecular weight excluding hydrogens is 152 g/mol. The number of imide groups is 1. The Morgan fingerprint density at radius 1 is 1.55 bits per heavy atom. The number of carbonyl (C=O) groups excluding carboxylic acids is 2. The highest BCUT2D eigenvalue weighted by molar-refractivity contribution is 6.61. The molecular formula is C4H4N4O3. The Morgan fingerprint density at radius 3 is 2.64 bits per heavy atom. The lowest BCUT2D eigenvalue weighted by Gasteiger charge is -1.96. The summed E-state index contributed by atoms with van der Waals surface area (Å²) in [6.45, 7) is 0. The molecule has 3 N–H and O–H groups in total. The van der Waals surface area contributed by atoms with Gasteiger partial charge in [0.15, 0.2) is 0 Å². The van der Waals surface area contributed by atoms with E-state index in [1.54, 1.807) is 0 Å². The van der Waals surface area contributed by atoms with E-state index in [-0.39, 0.29) is 11.2 Å². The second kappa shape index (κ2) is 3.35. The summed E-state index contributed by atoms with van der Waals surface area (Å²) in [5.41, 5.74) is 7.79. The first kappa shape index (κ1) is 9.15. The summed E-state index contributed by atoms with van der Waals surface area (Å²) >= 11 is 0. The van der Waals surface area contributed by atoms with Gasteiger partial charge in [-0.25, -0.2) is 4.79 Å². The predicted molar refractivity (Wildman–Crippen MR) is 34.3 cm³/mol. The SMILES string of the molecule is O.[N-]=[N+]=C1C=NC(=O)NC1=O. The van der Waals surface area contributed by atoms with Crippen LogP contribution in [0.15, 0.2) is 4.99 Å². The van der Waals surface area contributed by atoms with Crippen molar-refractivity contribution in [3.63, 3.8) is 0 Å². The molecule has 7 heteroatoms. The smallest absolute Gasteiger partial charge is 0.397 e. The fourth-order valence-corrected chi connectivity index (χ4v) is 0.443. The predicted octanol–water partition coefficient (Wildman–Crippen LogP) is -1.85. The zero-order chi connectivity index (χ0) is 7.56. The van der Waals surface area contributed by atoms with Crippen molar-refractivity contribution < 1.29 is 19.9 Å². The van der Waals surface area contributed by atoms with Gasteiger partial charge in [0.1, 0.15) is 6.21 Å². The Morgan fingerprint density at radius 2 is 2.18 bits per heavy atom. The minimum atomic E-state index is -0.752. The number of nitrogens with one attached hydrogen (secondary N) is 1. The third-order valence-electron chi connectivity index (χ3n) is 0.865. The first-order valence-electron chi connectivity index (χ1n) is 2.35. The summed E-state index contributed by atoms with van der Waals surface area (Å²) in [5, 5.41) is 1.81. The molecule has 0 bridgehead atoms. The summed E-state index contributed by atoms with van der Waals surface area (Å²) < 4.78 is 0. The highest BCUT2D eigenvalue weighted by Crippen LogP contribution is 1.82. The lowest BCUT2D eigenvalue weighted by molar-refractivity contribution is -0.117. The van der Waals surface area contributed by atoms with Gasteiger partial charge in [-0.15, -0.1) is 0 Å². The van der Waals surface area contributed by atoms with Crippen LogP contribution in [-0.2, 0) is 4.79 Å². The number of hydrogen-bond donors (Lipinski definition) is 1. The molecule has 0 aromatic rings. The maximum absolute atomic E-state index is 10.5. The van der Waals surface area contributed by atoms with E-state index in [0.29, 0.717) is 0 Å². The van der Waals surface area contributed by atoms with Crippen molar-refractivity contribution in [3.8, 4) is 0 Å². The molecule has 0 aliphatic carbocycles. The first-order valence-corrected chi connectivity index (χ1v) is 2.35. The number of urea groups is 1. The van der Waals surface area contributed by atoms with Gasteiger partial charge in [0.25, 0.3) is 0 Å². The van der Waals surface area contributed by atoms with Gasteiger partial charge in [0.2, 0.25) is 0 Å². The van der Waals surface area contributed by atoms with Crippen LogP contribution in [0, 0.1) is 0 Å². The number of amides is 3. The number of nitrogens with zero attached hydrogens (tertiary/aromatic N) is 3. The van der Waals surface area contributed by atoms with Crippen molar-refractivity contribution in [1.82, 2.24) is 5.32 Å². The maximum atomic E-state index is 10.5. The van der Waals surface area contributed by atoms with Gasteiger partial charge in [-0.3, -0.25) is 10.1 Å². The minimum Gasteiger partial charge on any atom is -0.412 e. The van der Waals surface area contributed by atoms with Crippen molar-refractivity contribution in [1.29, 1.82) is 0 Å². The van der Waals surface area contributed by atoms with E-state index in [9.17, 15) is 9.59 Å². The van der Waals surface area contributed by atoms with Crippen LogP contribution in [0.5, 0.6) is 0 Å². The zero-order valence-electron chi connectivity index (χ0n) is 5.24. The van der Waals surface area contributed by atoms with E-state index in [0.717, 1.165) is 6.21 Å². The summed E-state index contributed by atoms with van der Waals surface area (Å²) in [6, 6.07) is -0.752. The highest BCUT2D eigenvalue weighted by atomic mass is 16.2. The van der Waals surface area contributed by atoms with Gasteiger partial charge >= 0.3 is 17.6 Å². The van der Waals surface area contributed by atoms with E-state index >= 15 is 0 Å². The second-order valence-electron chi connectivity index (χ2n) is 1.50. The van der Waals surface area contributed by atoms with E-state index in [4.69, 9.17) is 5.53 Å². The molecule has 11 heavy (non-hydrogen) atoms. The van der Waals surface area contributed by atoms with Crippen LogP contribution >= 0.6 is 0 Å². The normalized spacial score (nSPS) is 15.1.